The van der Waals surface area contributed by atoms with Gasteiger partial charge in [0.15, 0.2) is 0 Å². The van der Waals surface area contributed by atoms with Crippen molar-refractivity contribution in [2.45, 2.75) is 19.4 Å². The minimum absolute atomic E-state index is 0.0194. The molecule has 2 aromatic rings. The Bertz CT molecular complexity index is 514. The lowest BCUT2D eigenvalue weighted by Gasteiger charge is -2.15. The summed E-state index contributed by atoms with van der Waals surface area (Å²) in [6.07, 6.45) is 4.19. The molecule has 0 aliphatic heterocycles. The van der Waals surface area contributed by atoms with Crippen LogP contribution in [-0.4, -0.2) is 17.1 Å². The molecule has 0 saturated heterocycles. The molecule has 0 amide bonds. The summed E-state index contributed by atoms with van der Waals surface area (Å²) >= 11 is 1.64. The van der Waals surface area contributed by atoms with E-state index in [1.165, 1.54) is 0 Å². The molecule has 0 fully saturated rings. The van der Waals surface area contributed by atoms with Crippen molar-refractivity contribution in [1.82, 2.24) is 15.4 Å². The van der Waals surface area contributed by atoms with Crippen LogP contribution in [0.2, 0.25) is 0 Å². The highest BCUT2D eigenvalue weighted by Crippen LogP contribution is 2.21. The molecule has 2 rings (SSSR count). The number of thiazole rings is 1. The first-order chi connectivity index (χ1) is 8.72. The zero-order valence-corrected chi connectivity index (χ0v) is 11.2. The zero-order valence-electron chi connectivity index (χ0n) is 10.4. The highest BCUT2D eigenvalue weighted by atomic mass is 32.1. The van der Waals surface area contributed by atoms with Gasteiger partial charge in [0.1, 0.15) is 5.75 Å². The summed E-state index contributed by atoms with van der Waals surface area (Å²) in [5, 5.41) is 3.11. The third-order valence-electron chi connectivity index (χ3n) is 2.65. The van der Waals surface area contributed by atoms with E-state index in [1.54, 1.807) is 30.8 Å². The van der Waals surface area contributed by atoms with Crippen LogP contribution >= 0.6 is 11.3 Å². The number of pyridine rings is 1. The van der Waals surface area contributed by atoms with Crippen LogP contribution < -0.4 is 16.0 Å². The fourth-order valence-corrected chi connectivity index (χ4v) is 2.35. The van der Waals surface area contributed by atoms with Crippen LogP contribution in [0.3, 0.4) is 0 Å². The number of aromatic nitrogens is 2. The molecule has 1 unspecified atom stereocenters. The zero-order chi connectivity index (χ0) is 13.0. The van der Waals surface area contributed by atoms with Gasteiger partial charge in [-0.15, -0.1) is 11.3 Å². The van der Waals surface area contributed by atoms with E-state index in [2.05, 4.69) is 15.4 Å². The molecule has 5 nitrogen and oxygen atoms in total. The van der Waals surface area contributed by atoms with Gasteiger partial charge in [-0.3, -0.25) is 16.3 Å². The Morgan fingerprint density at radius 2 is 2.33 bits per heavy atom. The number of hydrazine groups is 1. The predicted molar refractivity (Wildman–Crippen MR) is 71.4 cm³/mol. The lowest BCUT2D eigenvalue weighted by atomic mass is 10.1. The number of rotatable bonds is 5. The number of hydrogen-bond donors (Lipinski definition) is 2. The Labute approximate surface area is 110 Å². The second-order valence-electron chi connectivity index (χ2n) is 3.94. The van der Waals surface area contributed by atoms with Crippen molar-refractivity contribution in [3.63, 3.8) is 0 Å². The van der Waals surface area contributed by atoms with Crippen LogP contribution in [0.5, 0.6) is 5.75 Å². The Hall–Kier alpha value is -1.50. The van der Waals surface area contributed by atoms with E-state index in [9.17, 15) is 0 Å². The molecular formula is C12H16N4OS. The lowest BCUT2D eigenvalue weighted by molar-refractivity contribution is 0.410. The maximum Gasteiger partial charge on any atom is 0.137 e. The largest absolute Gasteiger partial charge is 0.495 e. The number of nitrogens with two attached hydrogens (primary N) is 1. The second-order valence-corrected chi connectivity index (χ2v) is 5.00. The Morgan fingerprint density at radius 1 is 1.50 bits per heavy atom. The fourth-order valence-electron chi connectivity index (χ4n) is 1.72. The van der Waals surface area contributed by atoms with E-state index in [-0.39, 0.29) is 6.04 Å². The molecule has 0 bridgehead atoms. The molecule has 1 atom stereocenters. The molecule has 0 aromatic carbocycles. The molecule has 2 aromatic heterocycles. The van der Waals surface area contributed by atoms with Crippen LogP contribution in [0, 0.1) is 6.92 Å². The molecule has 0 saturated carbocycles. The van der Waals surface area contributed by atoms with E-state index in [0.29, 0.717) is 0 Å². The van der Waals surface area contributed by atoms with Crippen LogP contribution in [-0.2, 0) is 6.42 Å². The van der Waals surface area contributed by atoms with Gasteiger partial charge in [-0.1, -0.05) is 0 Å². The maximum absolute atomic E-state index is 5.61. The number of nitrogens with one attached hydrogen (secondary N) is 1. The first-order valence-electron chi connectivity index (χ1n) is 5.59. The molecule has 18 heavy (non-hydrogen) atoms. The molecule has 0 aliphatic carbocycles. The van der Waals surface area contributed by atoms with Gasteiger partial charge in [0, 0.05) is 18.0 Å². The van der Waals surface area contributed by atoms with Gasteiger partial charge in [0.05, 0.1) is 30.1 Å². The minimum Gasteiger partial charge on any atom is -0.495 e. The van der Waals surface area contributed by atoms with Crippen molar-refractivity contribution < 1.29 is 4.74 Å². The summed E-state index contributed by atoms with van der Waals surface area (Å²) in [5.41, 5.74) is 4.82. The Morgan fingerprint density at radius 3 is 2.94 bits per heavy atom. The van der Waals surface area contributed by atoms with Crippen LogP contribution in [0.1, 0.15) is 22.3 Å². The van der Waals surface area contributed by atoms with Crippen LogP contribution in [0.25, 0.3) is 0 Å². The van der Waals surface area contributed by atoms with Gasteiger partial charge in [-0.2, -0.15) is 0 Å². The summed E-state index contributed by atoms with van der Waals surface area (Å²) in [7, 11) is 1.62. The molecule has 96 valence electrons. The summed E-state index contributed by atoms with van der Waals surface area (Å²) in [5.74, 6) is 6.33. The third kappa shape index (κ3) is 3.04. The highest BCUT2D eigenvalue weighted by Gasteiger charge is 2.13. The van der Waals surface area contributed by atoms with Crippen molar-refractivity contribution in [1.29, 1.82) is 0 Å². The smallest absolute Gasteiger partial charge is 0.137 e. The number of nitrogens with zero attached hydrogens (tertiary/aromatic N) is 2. The van der Waals surface area contributed by atoms with Gasteiger partial charge >= 0.3 is 0 Å². The number of methoxy groups -OCH3 is 1. The van der Waals surface area contributed by atoms with Gasteiger partial charge in [0.2, 0.25) is 0 Å². The Balaban J connectivity index is 2.17. The van der Waals surface area contributed by atoms with Gasteiger partial charge in [0.25, 0.3) is 0 Å². The monoisotopic (exact) mass is 264 g/mol. The summed E-state index contributed by atoms with van der Waals surface area (Å²) in [4.78, 5) is 8.57. The first-order valence-corrected chi connectivity index (χ1v) is 6.47. The summed E-state index contributed by atoms with van der Waals surface area (Å²) < 4.78 is 5.16. The Kier molecular flexibility index (Phi) is 4.24. The van der Waals surface area contributed by atoms with Crippen LogP contribution in [0.4, 0.5) is 0 Å². The molecule has 0 aliphatic rings. The number of aryl methyl sites for hydroxylation is 1. The molecule has 6 heteroatoms. The van der Waals surface area contributed by atoms with E-state index in [4.69, 9.17) is 10.6 Å². The minimum atomic E-state index is -0.0194. The normalized spacial score (nSPS) is 12.4. The van der Waals surface area contributed by atoms with Gasteiger partial charge in [-0.25, -0.2) is 4.98 Å². The third-order valence-corrected chi connectivity index (χ3v) is 3.48. The summed E-state index contributed by atoms with van der Waals surface area (Å²) in [6, 6.07) is 1.91. The topological polar surface area (TPSA) is 73.1 Å². The van der Waals surface area contributed by atoms with Crippen LogP contribution in [0.15, 0.2) is 23.8 Å². The van der Waals surface area contributed by atoms with E-state index in [0.717, 1.165) is 28.4 Å². The van der Waals surface area contributed by atoms with E-state index in [1.807, 2.05) is 18.4 Å². The first kappa shape index (κ1) is 12.9. The lowest BCUT2D eigenvalue weighted by Crippen LogP contribution is -2.29. The number of hydrogen-bond acceptors (Lipinski definition) is 6. The fraction of sp³-hybridized carbons (Fsp3) is 0.333. The van der Waals surface area contributed by atoms with E-state index < -0.39 is 0 Å². The second kappa shape index (κ2) is 5.90. The van der Waals surface area contributed by atoms with Gasteiger partial charge in [-0.05, 0) is 18.6 Å². The quantitative estimate of drug-likeness (QED) is 0.634. The highest BCUT2D eigenvalue weighted by molar-refractivity contribution is 7.09. The van der Waals surface area contributed by atoms with Crippen molar-refractivity contribution in [3.05, 3.63) is 40.1 Å². The standard InChI is InChI=1S/C12H16N4OS/c1-8-15-10(7-18-8)4-12(16-13)9-3-11(17-2)6-14-5-9/h3,5-7,12,16H,4,13H2,1-2H3. The maximum atomic E-state index is 5.61. The van der Waals surface area contributed by atoms with Crippen molar-refractivity contribution in [2.24, 2.45) is 5.84 Å². The average Bonchev–Trinajstić information content (AvgIpc) is 2.81. The summed E-state index contributed by atoms with van der Waals surface area (Å²) in [6.45, 7) is 1.99. The molecule has 2 heterocycles. The average molecular weight is 264 g/mol. The van der Waals surface area contributed by atoms with Crippen molar-refractivity contribution in [3.8, 4) is 5.75 Å². The molecule has 3 N–H and O–H groups in total. The molecular weight excluding hydrogens is 248 g/mol. The van der Waals surface area contributed by atoms with Crippen molar-refractivity contribution >= 4 is 11.3 Å². The van der Waals surface area contributed by atoms with Gasteiger partial charge < -0.3 is 4.74 Å². The van der Waals surface area contributed by atoms with Crippen molar-refractivity contribution in [2.75, 3.05) is 7.11 Å². The molecule has 0 spiro atoms. The predicted octanol–water partition coefficient (Wildman–Crippen LogP) is 1.60. The number of ether oxygens (including phenoxy) is 1. The molecule has 0 radical (unpaired) electrons. The van der Waals surface area contributed by atoms with E-state index >= 15 is 0 Å². The SMILES string of the molecule is COc1cncc(C(Cc2csc(C)n2)NN)c1.